The van der Waals surface area contributed by atoms with Crippen LogP contribution in [0.3, 0.4) is 0 Å². The molecule has 2 fully saturated rings. The number of fused-ring (bicyclic) bond motifs is 2. The molecule has 2 aliphatic carbocycles. The molecule has 9 nitrogen and oxygen atoms in total. The van der Waals surface area contributed by atoms with Crippen LogP contribution >= 0.6 is 0 Å². The lowest BCUT2D eigenvalue weighted by molar-refractivity contribution is -0.191. The van der Waals surface area contributed by atoms with Gasteiger partial charge in [0.1, 0.15) is 19.3 Å². The minimum atomic E-state index is -0.551. The first-order valence-electron chi connectivity index (χ1n) is 14.5. The number of cyclic esters (lactones) is 1. The fourth-order valence-electron chi connectivity index (χ4n) is 7.76. The quantitative estimate of drug-likeness (QED) is 0.259. The highest BCUT2D eigenvalue weighted by molar-refractivity contribution is 5.91. The fourth-order valence-corrected chi connectivity index (χ4v) is 7.76. The van der Waals surface area contributed by atoms with Crippen molar-refractivity contribution in [2.75, 3.05) is 20.0 Å². The first-order chi connectivity index (χ1) is 19.5. The molecule has 1 N–H and O–H groups in total. The van der Waals surface area contributed by atoms with Crippen molar-refractivity contribution in [2.24, 2.45) is 22.7 Å². The predicted octanol–water partition coefficient (Wildman–Crippen LogP) is 4.63. The molecule has 0 radical (unpaired) electrons. The molecule has 6 atom stereocenters. The van der Waals surface area contributed by atoms with Gasteiger partial charge in [-0.3, -0.25) is 9.59 Å². The van der Waals surface area contributed by atoms with Gasteiger partial charge >= 0.3 is 17.9 Å². The Bertz CT molecular complexity index is 1260. The summed E-state index contributed by atoms with van der Waals surface area (Å²) >= 11 is 0. The van der Waals surface area contributed by atoms with E-state index in [1.165, 1.54) is 13.8 Å². The number of nitrogens with one attached hydrogen (secondary N) is 1. The van der Waals surface area contributed by atoms with E-state index in [0.29, 0.717) is 30.7 Å². The van der Waals surface area contributed by atoms with Gasteiger partial charge in [-0.1, -0.05) is 32.1 Å². The van der Waals surface area contributed by atoms with Crippen LogP contribution in [-0.4, -0.2) is 50.1 Å². The molecule has 0 saturated heterocycles. The first kappa shape index (κ1) is 29.2. The molecule has 2 saturated carbocycles. The molecule has 2 aliphatic heterocycles. The molecule has 222 valence electrons. The predicted molar refractivity (Wildman–Crippen MR) is 150 cm³/mol. The molecule has 41 heavy (non-hydrogen) atoms. The molecular weight excluding hydrogens is 526 g/mol. The summed E-state index contributed by atoms with van der Waals surface area (Å²) in [5.41, 5.74) is 2.06. The number of esters is 3. The van der Waals surface area contributed by atoms with Crippen molar-refractivity contribution in [3.05, 3.63) is 47.6 Å². The van der Waals surface area contributed by atoms with E-state index >= 15 is 0 Å². The average Bonchev–Trinajstić information content (AvgIpc) is 3.57. The van der Waals surface area contributed by atoms with Crippen LogP contribution in [0, 0.1) is 22.7 Å². The van der Waals surface area contributed by atoms with Gasteiger partial charge in [0.05, 0.1) is 5.57 Å². The van der Waals surface area contributed by atoms with Gasteiger partial charge in [0.15, 0.2) is 11.5 Å². The molecule has 0 aromatic heterocycles. The van der Waals surface area contributed by atoms with Gasteiger partial charge in [0.2, 0.25) is 6.79 Å². The molecule has 4 aliphatic rings. The van der Waals surface area contributed by atoms with Crippen molar-refractivity contribution in [1.82, 2.24) is 5.32 Å². The van der Waals surface area contributed by atoms with Crippen molar-refractivity contribution < 1.29 is 38.1 Å². The molecular formula is C32H41NO8. The largest absolute Gasteiger partial charge is 0.465 e. The lowest BCUT2D eigenvalue weighted by atomic mass is 9.46. The summed E-state index contributed by atoms with van der Waals surface area (Å²) in [4.78, 5) is 36.7. The third-order valence-corrected chi connectivity index (χ3v) is 9.80. The van der Waals surface area contributed by atoms with Crippen LogP contribution in [0.2, 0.25) is 0 Å². The van der Waals surface area contributed by atoms with Gasteiger partial charge in [-0.25, -0.2) is 4.79 Å². The standard InChI is InChI=1S/C32H41NO8/c1-19-6-9-28-31(4,12-10-29(41-21(3)35)32(28,5)17-38-20(2)34)24(19)15-25(23-11-13-37-30(23)36)33-16-22-7-8-26-27(14-22)40-18-39-26/h7-8,11,14,24-25,28-29,33H,1,6,9-10,12-13,15-18H2,2-5H3/t24-,25?,28?,29-,31+,32+/m1/s1. The molecule has 1 aromatic rings. The number of ether oxygens (including phenoxy) is 5. The maximum atomic E-state index is 12.8. The van der Waals surface area contributed by atoms with Crippen molar-refractivity contribution in [3.63, 3.8) is 0 Å². The van der Waals surface area contributed by atoms with Crippen molar-refractivity contribution in [3.8, 4) is 11.5 Å². The monoisotopic (exact) mass is 567 g/mol. The summed E-state index contributed by atoms with van der Waals surface area (Å²) in [5, 5.41) is 3.63. The van der Waals surface area contributed by atoms with Gasteiger partial charge < -0.3 is 29.0 Å². The second-order valence-corrected chi connectivity index (χ2v) is 12.3. The van der Waals surface area contributed by atoms with Gasteiger partial charge in [-0.2, -0.15) is 0 Å². The van der Waals surface area contributed by atoms with Crippen LogP contribution < -0.4 is 14.8 Å². The Labute approximate surface area is 241 Å². The number of hydrogen-bond acceptors (Lipinski definition) is 9. The molecule has 0 bridgehead atoms. The van der Waals surface area contributed by atoms with Crippen LogP contribution in [0.5, 0.6) is 11.5 Å². The average molecular weight is 568 g/mol. The smallest absolute Gasteiger partial charge is 0.335 e. The van der Waals surface area contributed by atoms with Gasteiger partial charge in [-0.15, -0.1) is 0 Å². The van der Waals surface area contributed by atoms with Gasteiger partial charge in [-0.05, 0) is 73.1 Å². The molecule has 2 heterocycles. The molecule has 0 spiro atoms. The third kappa shape index (κ3) is 5.73. The molecule has 0 amide bonds. The summed E-state index contributed by atoms with van der Waals surface area (Å²) in [7, 11) is 0. The van der Waals surface area contributed by atoms with E-state index < -0.39 is 5.41 Å². The highest BCUT2D eigenvalue weighted by atomic mass is 16.7. The maximum Gasteiger partial charge on any atom is 0.335 e. The van der Waals surface area contributed by atoms with Crippen molar-refractivity contribution >= 4 is 17.9 Å². The highest BCUT2D eigenvalue weighted by Gasteiger charge is 2.60. The van der Waals surface area contributed by atoms with E-state index in [9.17, 15) is 14.4 Å². The topological polar surface area (TPSA) is 109 Å². The number of rotatable bonds is 9. The Morgan fingerprint density at radius 2 is 1.90 bits per heavy atom. The first-order valence-corrected chi connectivity index (χ1v) is 14.5. The molecule has 1 aromatic carbocycles. The minimum Gasteiger partial charge on any atom is -0.465 e. The van der Waals surface area contributed by atoms with Crippen LogP contribution in [0.1, 0.15) is 65.4 Å². The van der Waals surface area contributed by atoms with E-state index in [1.807, 2.05) is 24.3 Å². The lowest BCUT2D eigenvalue weighted by Gasteiger charge is -2.60. The number of hydrogen-bond donors (Lipinski definition) is 1. The number of carbonyl (C=O) groups is 3. The lowest BCUT2D eigenvalue weighted by Crippen LogP contribution is -2.59. The molecule has 9 heteroatoms. The van der Waals surface area contributed by atoms with E-state index in [-0.39, 0.29) is 67.3 Å². The number of benzene rings is 1. The SMILES string of the molecule is C=C1CCC2[C@](C)(COC(C)=O)[C@H](OC(C)=O)CC[C@@]2(C)[C@@H]1CC(NCc1ccc2c(c1)OCO2)C1=CCOC1=O. The van der Waals surface area contributed by atoms with Gasteiger partial charge in [0, 0.05) is 31.8 Å². The Balaban J connectivity index is 1.41. The normalized spacial score (nSPS) is 31.1. The van der Waals surface area contributed by atoms with Crippen LogP contribution in [0.4, 0.5) is 0 Å². The third-order valence-electron chi connectivity index (χ3n) is 9.80. The zero-order chi connectivity index (χ0) is 29.4. The summed E-state index contributed by atoms with van der Waals surface area (Å²) in [6.45, 7) is 12.9. The molecule has 2 unspecified atom stereocenters. The number of carbonyl (C=O) groups excluding carboxylic acids is 3. The highest BCUT2D eigenvalue weighted by Crippen LogP contribution is 2.62. The second kappa shape index (κ2) is 11.5. The summed E-state index contributed by atoms with van der Waals surface area (Å²) < 4.78 is 27.7. The minimum absolute atomic E-state index is 0.0831. The van der Waals surface area contributed by atoms with Crippen LogP contribution in [-0.2, 0) is 35.1 Å². The number of allylic oxidation sites excluding steroid dienone is 1. The zero-order valence-electron chi connectivity index (χ0n) is 24.5. The Morgan fingerprint density at radius 1 is 1.12 bits per heavy atom. The Hall–Kier alpha value is -3.33. The maximum absolute atomic E-state index is 12.8. The summed E-state index contributed by atoms with van der Waals surface area (Å²) in [6, 6.07) is 5.60. The fraction of sp³-hybridized carbons (Fsp3) is 0.594. The van der Waals surface area contributed by atoms with Crippen LogP contribution in [0.25, 0.3) is 0 Å². The van der Waals surface area contributed by atoms with Crippen molar-refractivity contribution in [1.29, 1.82) is 0 Å². The van der Waals surface area contributed by atoms with E-state index in [4.69, 9.17) is 23.7 Å². The van der Waals surface area contributed by atoms with Crippen LogP contribution in [0.15, 0.2) is 42.0 Å². The summed E-state index contributed by atoms with van der Waals surface area (Å²) in [6.07, 6.45) is 5.35. The summed E-state index contributed by atoms with van der Waals surface area (Å²) in [5.74, 6) is 0.662. The van der Waals surface area contributed by atoms with E-state index in [2.05, 4.69) is 25.7 Å². The van der Waals surface area contributed by atoms with Crippen molar-refractivity contribution in [2.45, 2.75) is 78.5 Å². The Kier molecular flexibility index (Phi) is 8.19. The second-order valence-electron chi connectivity index (χ2n) is 12.3. The Morgan fingerprint density at radius 3 is 2.61 bits per heavy atom. The zero-order valence-corrected chi connectivity index (χ0v) is 24.5. The van der Waals surface area contributed by atoms with E-state index in [0.717, 1.165) is 36.1 Å². The van der Waals surface area contributed by atoms with E-state index in [1.54, 1.807) is 0 Å². The molecule has 5 rings (SSSR count). The van der Waals surface area contributed by atoms with Gasteiger partial charge in [0.25, 0.3) is 0 Å².